The van der Waals surface area contributed by atoms with Gasteiger partial charge in [-0.2, -0.15) is 5.10 Å². The zero-order valence-corrected chi connectivity index (χ0v) is 10.5. The van der Waals surface area contributed by atoms with Gasteiger partial charge in [-0.1, -0.05) is 13.8 Å². The normalized spacial score (nSPS) is 11.1. The fourth-order valence-corrected chi connectivity index (χ4v) is 1.10. The Morgan fingerprint density at radius 3 is 2.38 bits per heavy atom. The molecule has 0 saturated heterocycles. The van der Waals surface area contributed by atoms with Crippen LogP contribution in [0.15, 0.2) is 29.4 Å². The third kappa shape index (κ3) is 4.82. The molecule has 16 heavy (non-hydrogen) atoms. The van der Waals surface area contributed by atoms with Crippen molar-refractivity contribution in [2.75, 3.05) is 20.7 Å². The summed E-state index contributed by atoms with van der Waals surface area (Å²) in [5.74, 6) is 1.46. The number of nitrogens with zero attached hydrogens (tertiary/aromatic N) is 2. The lowest BCUT2D eigenvalue weighted by molar-refractivity contribution is 0.271. The summed E-state index contributed by atoms with van der Waals surface area (Å²) in [6.07, 6.45) is 1.83. The maximum atomic E-state index is 5.59. The van der Waals surface area contributed by atoms with Crippen LogP contribution in [0.3, 0.4) is 0 Å². The van der Waals surface area contributed by atoms with E-state index in [1.165, 1.54) is 0 Å². The van der Waals surface area contributed by atoms with Crippen molar-refractivity contribution >= 4 is 6.21 Å². The van der Waals surface area contributed by atoms with Crippen LogP contribution in [-0.4, -0.2) is 31.9 Å². The summed E-state index contributed by atoms with van der Waals surface area (Å²) >= 11 is 0. The van der Waals surface area contributed by atoms with Gasteiger partial charge in [-0.15, -0.1) is 0 Å². The summed E-state index contributed by atoms with van der Waals surface area (Å²) in [5.41, 5.74) is 1.07. The highest BCUT2D eigenvalue weighted by Gasteiger charge is 1.96. The molecule has 0 bridgehead atoms. The van der Waals surface area contributed by atoms with Crippen LogP contribution in [-0.2, 0) is 0 Å². The van der Waals surface area contributed by atoms with Crippen molar-refractivity contribution in [3.05, 3.63) is 29.8 Å². The fourth-order valence-electron chi connectivity index (χ4n) is 1.10. The Hall–Kier alpha value is -1.51. The Morgan fingerprint density at radius 2 is 1.88 bits per heavy atom. The molecule has 0 aromatic heterocycles. The molecule has 0 saturated carbocycles. The molecule has 0 aliphatic rings. The molecule has 0 spiro atoms. The van der Waals surface area contributed by atoms with Gasteiger partial charge < -0.3 is 9.75 Å². The zero-order valence-electron chi connectivity index (χ0n) is 10.5. The van der Waals surface area contributed by atoms with Gasteiger partial charge in [0.1, 0.15) is 5.75 Å². The highest BCUT2D eigenvalue weighted by Crippen LogP contribution is 2.12. The van der Waals surface area contributed by atoms with E-state index in [-0.39, 0.29) is 0 Å². The van der Waals surface area contributed by atoms with Crippen molar-refractivity contribution in [3.8, 4) is 5.75 Å². The topological polar surface area (TPSA) is 24.8 Å². The molecule has 1 aromatic rings. The Balaban J connectivity index is 2.54. The molecule has 0 atom stereocenters. The molecule has 0 aliphatic carbocycles. The highest BCUT2D eigenvalue weighted by atomic mass is 16.5. The quantitative estimate of drug-likeness (QED) is 0.563. The highest BCUT2D eigenvalue weighted by molar-refractivity contribution is 5.79. The first-order valence-corrected chi connectivity index (χ1v) is 5.52. The van der Waals surface area contributed by atoms with Gasteiger partial charge in [0, 0.05) is 14.1 Å². The molecule has 0 fully saturated rings. The molecule has 3 nitrogen and oxygen atoms in total. The lowest BCUT2D eigenvalue weighted by atomic mass is 10.2. The predicted octanol–water partition coefficient (Wildman–Crippen LogP) is 2.62. The summed E-state index contributed by atoms with van der Waals surface area (Å²) in [6.45, 7) is 5.03. The Bertz CT molecular complexity index is 328. The molecular weight excluding hydrogens is 200 g/mol. The van der Waals surface area contributed by atoms with Crippen molar-refractivity contribution in [1.82, 2.24) is 5.01 Å². The Kier molecular flexibility index (Phi) is 4.83. The molecular formula is C13H20N2O. The van der Waals surface area contributed by atoms with Gasteiger partial charge in [-0.3, -0.25) is 0 Å². The number of benzene rings is 1. The van der Waals surface area contributed by atoms with E-state index in [1.54, 1.807) is 5.01 Å². The van der Waals surface area contributed by atoms with E-state index in [1.807, 2.05) is 44.6 Å². The van der Waals surface area contributed by atoms with Gasteiger partial charge in [0.05, 0.1) is 12.8 Å². The van der Waals surface area contributed by atoms with E-state index in [0.717, 1.165) is 17.9 Å². The molecule has 1 rings (SSSR count). The first kappa shape index (κ1) is 12.6. The zero-order chi connectivity index (χ0) is 12.0. The largest absolute Gasteiger partial charge is 0.493 e. The van der Waals surface area contributed by atoms with E-state index >= 15 is 0 Å². The number of hydrogen-bond acceptors (Lipinski definition) is 3. The summed E-state index contributed by atoms with van der Waals surface area (Å²) in [6, 6.07) is 7.95. The van der Waals surface area contributed by atoms with Crippen molar-refractivity contribution in [1.29, 1.82) is 0 Å². The van der Waals surface area contributed by atoms with Gasteiger partial charge in [0.25, 0.3) is 0 Å². The minimum atomic E-state index is 0.551. The molecule has 0 N–H and O–H groups in total. The summed E-state index contributed by atoms with van der Waals surface area (Å²) < 4.78 is 5.59. The fraction of sp³-hybridized carbons (Fsp3) is 0.462. The van der Waals surface area contributed by atoms with Gasteiger partial charge in [-0.05, 0) is 35.7 Å². The van der Waals surface area contributed by atoms with Gasteiger partial charge in [0.15, 0.2) is 0 Å². The average Bonchev–Trinajstić information content (AvgIpc) is 2.25. The average molecular weight is 220 g/mol. The molecule has 0 heterocycles. The number of hydrazone groups is 1. The van der Waals surface area contributed by atoms with Crippen LogP contribution < -0.4 is 4.74 Å². The van der Waals surface area contributed by atoms with Gasteiger partial charge >= 0.3 is 0 Å². The lowest BCUT2D eigenvalue weighted by Crippen LogP contribution is -2.04. The van der Waals surface area contributed by atoms with E-state index in [2.05, 4.69) is 18.9 Å². The summed E-state index contributed by atoms with van der Waals surface area (Å²) in [5, 5.41) is 5.93. The van der Waals surface area contributed by atoms with E-state index in [9.17, 15) is 0 Å². The molecule has 1 aromatic carbocycles. The molecule has 88 valence electrons. The first-order chi connectivity index (χ1) is 7.58. The monoisotopic (exact) mass is 220 g/mol. The van der Waals surface area contributed by atoms with Crippen LogP contribution in [0.4, 0.5) is 0 Å². The smallest absolute Gasteiger partial charge is 0.119 e. The first-order valence-electron chi connectivity index (χ1n) is 5.52. The van der Waals surface area contributed by atoms with Crippen molar-refractivity contribution in [2.24, 2.45) is 11.0 Å². The molecule has 0 radical (unpaired) electrons. The van der Waals surface area contributed by atoms with Crippen molar-refractivity contribution in [3.63, 3.8) is 0 Å². The second kappa shape index (κ2) is 6.16. The van der Waals surface area contributed by atoms with Crippen LogP contribution in [0.2, 0.25) is 0 Å². The number of rotatable bonds is 5. The standard InChI is InChI=1S/C13H20N2O/c1-11(2)10-16-13-7-5-12(6-8-13)9-14-15(3)4/h5-9,11H,10H2,1-4H3/b14-9+. The Labute approximate surface area is 97.7 Å². The van der Waals surface area contributed by atoms with Crippen LogP contribution in [0.1, 0.15) is 19.4 Å². The summed E-state index contributed by atoms with van der Waals surface area (Å²) in [7, 11) is 3.80. The second-order valence-electron chi connectivity index (χ2n) is 4.37. The lowest BCUT2D eigenvalue weighted by Gasteiger charge is -2.08. The third-order valence-corrected chi connectivity index (χ3v) is 1.90. The predicted molar refractivity (Wildman–Crippen MR) is 68.1 cm³/mol. The van der Waals surface area contributed by atoms with E-state index < -0.39 is 0 Å². The maximum Gasteiger partial charge on any atom is 0.119 e. The van der Waals surface area contributed by atoms with E-state index in [4.69, 9.17) is 4.74 Å². The Morgan fingerprint density at radius 1 is 1.25 bits per heavy atom. The van der Waals surface area contributed by atoms with Crippen LogP contribution in [0, 0.1) is 5.92 Å². The van der Waals surface area contributed by atoms with Crippen LogP contribution in [0.5, 0.6) is 5.75 Å². The van der Waals surface area contributed by atoms with Crippen molar-refractivity contribution in [2.45, 2.75) is 13.8 Å². The molecule has 0 aliphatic heterocycles. The second-order valence-corrected chi connectivity index (χ2v) is 4.37. The van der Waals surface area contributed by atoms with Crippen LogP contribution in [0.25, 0.3) is 0 Å². The SMILES string of the molecule is CC(C)COc1ccc(/C=N/N(C)C)cc1. The minimum absolute atomic E-state index is 0.551. The van der Waals surface area contributed by atoms with E-state index in [0.29, 0.717) is 5.92 Å². The maximum absolute atomic E-state index is 5.59. The number of ether oxygens (including phenoxy) is 1. The molecule has 0 unspecified atom stereocenters. The third-order valence-electron chi connectivity index (χ3n) is 1.90. The minimum Gasteiger partial charge on any atom is -0.493 e. The molecule has 0 amide bonds. The van der Waals surface area contributed by atoms with Crippen LogP contribution >= 0.6 is 0 Å². The molecule has 3 heteroatoms. The van der Waals surface area contributed by atoms with Gasteiger partial charge in [0.2, 0.25) is 0 Å². The van der Waals surface area contributed by atoms with Gasteiger partial charge in [-0.25, -0.2) is 0 Å². The number of hydrogen-bond donors (Lipinski definition) is 0. The van der Waals surface area contributed by atoms with Crippen molar-refractivity contribution < 1.29 is 4.74 Å². The summed E-state index contributed by atoms with van der Waals surface area (Å²) in [4.78, 5) is 0.